The molecule has 6 heteroatoms. The van der Waals surface area contributed by atoms with E-state index in [0.717, 1.165) is 37.3 Å². The monoisotopic (exact) mass is 293 g/mol. The normalized spacial score (nSPS) is 16.0. The molecule has 6 nitrogen and oxygen atoms in total. The van der Waals surface area contributed by atoms with Gasteiger partial charge >= 0.3 is 0 Å². The number of nitrogens with one attached hydrogen (secondary N) is 1. The number of primary amides is 1. The van der Waals surface area contributed by atoms with Crippen LogP contribution in [0.2, 0.25) is 0 Å². The van der Waals surface area contributed by atoms with Crippen molar-refractivity contribution in [1.29, 1.82) is 0 Å². The van der Waals surface area contributed by atoms with E-state index in [0.29, 0.717) is 11.3 Å². The highest BCUT2D eigenvalue weighted by Crippen LogP contribution is 2.24. The maximum atomic E-state index is 12.9. The first-order valence-corrected chi connectivity index (χ1v) is 7.28. The first kappa shape index (κ1) is 15.6. The number of nitrogens with zero attached hydrogens (tertiary/aromatic N) is 1. The Morgan fingerprint density at radius 2 is 1.86 bits per heavy atom. The van der Waals surface area contributed by atoms with Crippen molar-refractivity contribution in [2.75, 3.05) is 19.6 Å². The van der Waals surface area contributed by atoms with E-state index in [1.807, 2.05) is 13.8 Å². The highest BCUT2D eigenvalue weighted by atomic mass is 16.3. The molecular formula is C15H23N3O3. The zero-order valence-electron chi connectivity index (χ0n) is 12.9. The minimum absolute atomic E-state index is 0.0419. The van der Waals surface area contributed by atoms with E-state index in [-0.39, 0.29) is 18.5 Å². The van der Waals surface area contributed by atoms with Crippen LogP contribution in [0.15, 0.2) is 4.42 Å². The maximum Gasteiger partial charge on any atom is 0.258 e. The number of hydrogen-bond acceptors (Lipinski definition) is 4. The van der Waals surface area contributed by atoms with Gasteiger partial charge in [-0.05, 0) is 46.7 Å². The Balaban J connectivity index is 2.30. The number of nitrogens with two attached hydrogens (primary N) is 1. The number of piperidine rings is 1. The van der Waals surface area contributed by atoms with Gasteiger partial charge in [-0.1, -0.05) is 0 Å². The molecule has 0 saturated carbocycles. The summed E-state index contributed by atoms with van der Waals surface area (Å²) in [5, 5.41) is 3.26. The molecule has 3 N–H and O–H groups in total. The van der Waals surface area contributed by atoms with E-state index in [1.165, 1.54) is 0 Å². The van der Waals surface area contributed by atoms with Crippen LogP contribution in [0.5, 0.6) is 0 Å². The summed E-state index contributed by atoms with van der Waals surface area (Å²) in [6.45, 7) is 7.11. The fourth-order valence-electron chi connectivity index (χ4n) is 2.90. The summed E-state index contributed by atoms with van der Waals surface area (Å²) in [4.78, 5) is 25.8. The summed E-state index contributed by atoms with van der Waals surface area (Å²) in [5.41, 5.74) is 6.72. The minimum Gasteiger partial charge on any atom is -0.466 e. The Morgan fingerprint density at radius 3 is 2.33 bits per heavy atom. The molecule has 1 saturated heterocycles. The molecule has 1 fully saturated rings. The molecule has 2 amide bonds. The molecule has 116 valence electrons. The zero-order valence-corrected chi connectivity index (χ0v) is 12.9. The first-order chi connectivity index (χ1) is 9.91. The van der Waals surface area contributed by atoms with Crippen LogP contribution in [0.3, 0.4) is 0 Å². The number of amides is 2. The largest absolute Gasteiger partial charge is 0.466 e. The lowest BCUT2D eigenvalue weighted by Crippen LogP contribution is -2.49. The number of carbonyl (C=O) groups is 2. The highest BCUT2D eigenvalue weighted by molar-refractivity contribution is 5.98. The lowest BCUT2D eigenvalue weighted by atomic mass is 10.0. The third-order valence-electron chi connectivity index (χ3n) is 4.11. The van der Waals surface area contributed by atoms with Gasteiger partial charge in [0.25, 0.3) is 5.91 Å². The standard InChI is InChI=1S/C15H23N3O3/c1-9-10(2)21-11(3)14(9)15(20)18(8-13(16)19)12-4-6-17-7-5-12/h12,17H,4-8H2,1-3H3,(H2,16,19). The van der Waals surface area contributed by atoms with Gasteiger partial charge in [0.1, 0.15) is 11.5 Å². The Labute approximate surface area is 124 Å². The summed E-state index contributed by atoms with van der Waals surface area (Å²) in [6.07, 6.45) is 1.65. The molecule has 21 heavy (non-hydrogen) atoms. The number of rotatable bonds is 4. The Hall–Kier alpha value is -1.82. The van der Waals surface area contributed by atoms with Crippen LogP contribution in [0.25, 0.3) is 0 Å². The molecule has 1 aromatic rings. The maximum absolute atomic E-state index is 12.9. The molecule has 1 aliphatic rings. The fourth-order valence-corrected chi connectivity index (χ4v) is 2.90. The zero-order chi connectivity index (χ0) is 15.6. The third-order valence-corrected chi connectivity index (χ3v) is 4.11. The molecule has 0 aliphatic carbocycles. The summed E-state index contributed by atoms with van der Waals surface area (Å²) in [5.74, 6) is 0.684. The molecule has 0 aromatic carbocycles. The SMILES string of the molecule is Cc1oc(C)c(C(=O)N(CC(N)=O)C2CCNCC2)c1C. The van der Waals surface area contributed by atoms with Gasteiger partial charge in [-0.15, -0.1) is 0 Å². The lowest BCUT2D eigenvalue weighted by Gasteiger charge is -2.34. The Morgan fingerprint density at radius 1 is 1.24 bits per heavy atom. The summed E-state index contributed by atoms with van der Waals surface area (Å²) in [6, 6.07) is 0.0419. The number of furan rings is 1. The van der Waals surface area contributed by atoms with E-state index in [2.05, 4.69) is 5.32 Å². The summed E-state index contributed by atoms with van der Waals surface area (Å²) >= 11 is 0. The van der Waals surface area contributed by atoms with E-state index in [4.69, 9.17) is 10.2 Å². The summed E-state index contributed by atoms with van der Waals surface area (Å²) < 4.78 is 5.53. The molecule has 1 aromatic heterocycles. The second kappa shape index (κ2) is 6.30. The van der Waals surface area contributed by atoms with E-state index in [9.17, 15) is 9.59 Å². The molecule has 1 aliphatic heterocycles. The first-order valence-electron chi connectivity index (χ1n) is 7.28. The van der Waals surface area contributed by atoms with Gasteiger partial charge in [0, 0.05) is 11.6 Å². The molecule has 0 unspecified atom stereocenters. The molecule has 0 spiro atoms. The van der Waals surface area contributed by atoms with Crippen molar-refractivity contribution in [2.24, 2.45) is 5.73 Å². The van der Waals surface area contributed by atoms with Crippen molar-refractivity contribution in [2.45, 2.75) is 39.7 Å². The highest BCUT2D eigenvalue weighted by Gasteiger charge is 2.30. The van der Waals surface area contributed by atoms with Crippen molar-refractivity contribution in [1.82, 2.24) is 10.2 Å². The predicted molar refractivity (Wildman–Crippen MR) is 79.0 cm³/mol. The van der Waals surface area contributed by atoms with E-state index >= 15 is 0 Å². The van der Waals surface area contributed by atoms with Gasteiger partial charge in [0.05, 0.1) is 12.1 Å². The molecule has 0 radical (unpaired) electrons. The predicted octanol–water partition coefficient (Wildman–Crippen LogP) is 0.884. The van der Waals surface area contributed by atoms with E-state index in [1.54, 1.807) is 11.8 Å². The van der Waals surface area contributed by atoms with Crippen LogP contribution >= 0.6 is 0 Å². The molecule has 0 atom stereocenters. The second-order valence-electron chi connectivity index (χ2n) is 5.59. The molecule has 2 heterocycles. The average molecular weight is 293 g/mol. The van der Waals surface area contributed by atoms with E-state index < -0.39 is 5.91 Å². The minimum atomic E-state index is -0.489. The molecule has 2 rings (SSSR count). The van der Waals surface area contributed by atoms with Crippen molar-refractivity contribution in [3.63, 3.8) is 0 Å². The van der Waals surface area contributed by atoms with Gasteiger partial charge in [-0.2, -0.15) is 0 Å². The lowest BCUT2D eigenvalue weighted by molar-refractivity contribution is -0.119. The summed E-state index contributed by atoms with van der Waals surface area (Å²) in [7, 11) is 0. The number of hydrogen-bond donors (Lipinski definition) is 2. The smallest absolute Gasteiger partial charge is 0.258 e. The van der Waals surface area contributed by atoms with Gasteiger partial charge in [0.15, 0.2) is 0 Å². The number of carbonyl (C=O) groups excluding carboxylic acids is 2. The quantitative estimate of drug-likeness (QED) is 0.862. The molecule has 0 bridgehead atoms. The molecular weight excluding hydrogens is 270 g/mol. The van der Waals surface area contributed by atoms with Crippen LogP contribution in [0, 0.1) is 20.8 Å². The van der Waals surface area contributed by atoms with Gasteiger partial charge in [0.2, 0.25) is 5.91 Å². The van der Waals surface area contributed by atoms with Gasteiger partial charge < -0.3 is 20.4 Å². The van der Waals surface area contributed by atoms with Crippen molar-refractivity contribution < 1.29 is 14.0 Å². The van der Waals surface area contributed by atoms with Gasteiger partial charge in [-0.3, -0.25) is 9.59 Å². The average Bonchev–Trinajstić information content (AvgIpc) is 2.70. The Bertz CT molecular complexity index is 545. The van der Waals surface area contributed by atoms with Crippen LogP contribution in [0.4, 0.5) is 0 Å². The van der Waals surface area contributed by atoms with Crippen molar-refractivity contribution in [3.8, 4) is 0 Å². The van der Waals surface area contributed by atoms with Crippen LogP contribution in [-0.4, -0.2) is 42.4 Å². The number of aryl methyl sites for hydroxylation is 2. The second-order valence-corrected chi connectivity index (χ2v) is 5.59. The third kappa shape index (κ3) is 3.26. The topological polar surface area (TPSA) is 88.6 Å². The van der Waals surface area contributed by atoms with Crippen LogP contribution in [-0.2, 0) is 4.79 Å². The van der Waals surface area contributed by atoms with Crippen LogP contribution < -0.4 is 11.1 Å². The van der Waals surface area contributed by atoms with Crippen LogP contribution in [0.1, 0.15) is 40.3 Å². The Kier molecular flexibility index (Phi) is 4.67. The van der Waals surface area contributed by atoms with Crippen molar-refractivity contribution >= 4 is 11.8 Å². The van der Waals surface area contributed by atoms with Crippen molar-refractivity contribution in [3.05, 3.63) is 22.6 Å². The van der Waals surface area contributed by atoms with Gasteiger partial charge in [-0.25, -0.2) is 0 Å². The fraction of sp³-hybridized carbons (Fsp3) is 0.600.